The third-order valence-electron chi connectivity index (χ3n) is 7.60. The molecule has 1 N–H and O–H groups in total. The Kier molecular flexibility index (Phi) is 6.97. The minimum atomic E-state index is -0.818. The standard InChI is InChI=1S/C25H36N2O5S/c1-4-10-17(2)26-14-9-12-25-18(19-23(31)32-16-8-5-11-24(19,3)33-25)21(29)27(13-6-7-15-28)20(25)22(26)30/h5,9,11-12,17-20,28H,4,6-8,10,13-16H2,1-3H3/t17?,18-,19+,20?,24-,25-/m0/s1. The lowest BCUT2D eigenvalue weighted by Gasteiger charge is -2.38. The van der Waals surface area contributed by atoms with Gasteiger partial charge in [-0.15, -0.1) is 11.8 Å². The Bertz CT molecular complexity index is 860. The lowest BCUT2D eigenvalue weighted by atomic mass is 9.74. The molecule has 8 heteroatoms. The van der Waals surface area contributed by atoms with Crippen LogP contribution in [0.2, 0.25) is 0 Å². The molecule has 6 atom stereocenters. The van der Waals surface area contributed by atoms with Crippen molar-refractivity contribution in [1.29, 1.82) is 0 Å². The molecule has 4 heterocycles. The highest BCUT2D eigenvalue weighted by Crippen LogP contribution is 2.65. The van der Waals surface area contributed by atoms with Crippen LogP contribution in [-0.2, 0) is 19.1 Å². The summed E-state index contributed by atoms with van der Waals surface area (Å²) in [6.07, 6.45) is 11.8. The number of hydrogen-bond donors (Lipinski definition) is 1. The normalized spacial score (nSPS) is 36.6. The fourth-order valence-corrected chi connectivity index (χ4v) is 8.26. The second kappa shape index (κ2) is 9.45. The number of aliphatic hydroxyl groups is 1. The van der Waals surface area contributed by atoms with Crippen molar-refractivity contribution in [3.63, 3.8) is 0 Å². The van der Waals surface area contributed by atoms with E-state index in [0.717, 1.165) is 12.8 Å². The summed E-state index contributed by atoms with van der Waals surface area (Å²) < 4.78 is 4.11. The number of rotatable bonds is 7. The topological polar surface area (TPSA) is 87.2 Å². The molecule has 2 unspecified atom stereocenters. The molecule has 4 aliphatic rings. The van der Waals surface area contributed by atoms with Gasteiger partial charge in [0.1, 0.15) is 6.04 Å². The molecule has 2 saturated heterocycles. The molecular formula is C25H36N2O5S. The van der Waals surface area contributed by atoms with Gasteiger partial charge < -0.3 is 19.6 Å². The van der Waals surface area contributed by atoms with E-state index in [4.69, 9.17) is 4.74 Å². The first-order chi connectivity index (χ1) is 15.8. The number of carbonyl (C=O) groups excluding carboxylic acids is 3. The van der Waals surface area contributed by atoms with Crippen molar-refractivity contribution in [1.82, 2.24) is 9.80 Å². The van der Waals surface area contributed by atoms with E-state index in [1.54, 1.807) is 16.7 Å². The highest BCUT2D eigenvalue weighted by molar-refractivity contribution is 8.02. The molecule has 7 nitrogen and oxygen atoms in total. The minimum Gasteiger partial charge on any atom is -0.465 e. The zero-order valence-corrected chi connectivity index (χ0v) is 20.7. The number of fused-ring (bicyclic) bond motifs is 2. The Hall–Kier alpha value is -1.80. The van der Waals surface area contributed by atoms with Crippen LogP contribution in [0.15, 0.2) is 24.3 Å². The van der Waals surface area contributed by atoms with Crippen molar-refractivity contribution in [2.24, 2.45) is 11.8 Å². The number of unbranched alkanes of at least 4 members (excludes halogenated alkanes) is 1. The number of thioether (sulfide) groups is 1. The van der Waals surface area contributed by atoms with Crippen LogP contribution in [0.25, 0.3) is 0 Å². The zero-order valence-electron chi connectivity index (χ0n) is 19.9. The van der Waals surface area contributed by atoms with E-state index in [2.05, 4.69) is 19.9 Å². The summed E-state index contributed by atoms with van der Waals surface area (Å²) in [5, 5.41) is 9.29. The SMILES string of the molecule is CCCC(C)N1CC=C[C@]23S[C@@]4(C)C=CCCOC(=O)[C@H]4[C@H]2C(=O)N(CCCCO)C3C1=O. The van der Waals surface area contributed by atoms with Crippen LogP contribution < -0.4 is 0 Å². The van der Waals surface area contributed by atoms with Gasteiger partial charge in [0.25, 0.3) is 0 Å². The maximum atomic E-state index is 14.1. The van der Waals surface area contributed by atoms with Crippen molar-refractivity contribution in [2.75, 3.05) is 26.3 Å². The number of amides is 2. The molecule has 2 fully saturated rings. The predicted molar refractivity (Wildman–Crippen MR) is 127 cm³/mol. The van der Waals surface area contributed by atoms with Crippen molar-refractivity contribution in [3.05, 3.63) is 24.3 Å². The number of nitrogens with zero attached hydrogens (tertiary/aromatic N) is 2. The van der Waals surface area contributed by atoms with Gasteiger partial charge in [0.2, 0.25) is 11.8 Å². The van der Waals surface area contributed by atoms with Crippen LogP contribution in [-0.4, -0.2) is 80.6 Å². The summed E-state index contributed by atoms with van der Waals surface area (Å²) in [4.78, 5) is 44.9. The fraction of sp³-hybridized carbons (Fsp3) is 0.720. The molecule has 0 aromatic rings. The Morgan fingerprint density at radius 3 is 2.70 bits per heavy atom. The first kappa shape index (κ1) is 24.3. The first-order valence-corrected chi connectivity index (χ1v) is 13.1. The van der Waals surface area contributed by atoms with Gasteiger partial charge in [-0.05, 0) is 39.5 Å². The maximum Gasteiger partial charge on any atom is 0.311 e. The molecule has 1 spiro atoms. The van der Waals surface area contributed by atoms with E-state index in [1.165, 1.54) is 0 Å². The van der Waals surface area contributed by atoms with Crippen molar-refractivity contribution < 1.29 is 24.2 Å². The van der Waals surface area contributed by atoms with Crippen LogP contribution in [0, 0.1) is 11.8 Å². The van der Waals surface area contributed by atoms with Gasteiger partial charge in [-0.3, -0.25) is 14.4 Å². The number of aliphatic hydroxyl groups excluding tert-OH is 1. The molecule has 0 bridgehead atoms. The number of hydrogen-bond acceptors (Lipinski definition) is 6. The van der Waals surface area contributed by atoms with Crippen LogP contribution >= 0.6 is 11.8 Å². The van der Waals surface area contributed by atoms with Crippen LogP contribution in [0.3, 0.4) is 0 Å². The fourth-order valence-electron chi connectivity index (χ4n) is 6.11. The Morgan fingerprint density at radius 2 is 1.97 bits per heavy atom. The van der Waals surface area contributed by atoms with E-state index in [1.807, 2.05) is 30.1 Å². The van der Waals surface area contributed by atoms with Gasteiger partial charge in [-0.25, -0.2) is 0 Å². The molecule has 0 radical (unpaired) electrons. The smallest absolute Gasteiger partial charge is 0.311 e. The molecule has 182 valence electrons. The Labute approximate surface area is 200 Å². The monoisotopic (exact) mass is 476 g/mol. The summed E-state index contributed by atoms with van der Waals surface area (Å²) in [6.45, 7) is 7.42. The number of likely N-dealkylation sites (tertiary alicyclic amines) is 1. The van der Waals surface area contributed by atoms with E-state index in [0.29, 0.717) is 39.0 Å². The largest absolute Gasteiger partial charge is 0.465 e. The third-order valence-corrected chi connectivity index (χ3v) is 9.39. The van der Waals surface area contributed by atoms with E-state index < -0.39 is 27.4 Å². The van der Waals surface area contributed by atoms with Gasteiger partial charge >= 0.3 is 5.97 Å². The first-order valence-electron chi connectivity index (χ1n) is 12.2. The zero-order chi connectivity index (χ0) is 23.8. The summed E-state index contributed by atoms with van der Waals surface area (Å²) in [6, 6.07) is -0.598. The van der Waals surface area contributed by atoms with E-state index >= 15 is 0 Å². The van der Waals surface area contributed by atoms with Crippen LogP contribution in [0.5, 0.6) is 0 Å². The average molecular weight is 477 g/mol. The number of cyclic esters (lactones) is 1. The van der Waals surface area contributed by atoms with Crippen molar-refractivity contribution >= 4 is 29.5 Å². The van der Waals surface area contributed by atoms with Crippen LogP contribution in [0.1, 0.15) is 52.9 Å². The third kappa shape index (κ3) is 3.93. The highest BCUT2D eigenvalue weighted by atomic mass is 32.2. The van der Waals surface area contributed by atoms with Crippen LogP contribution in [0.4, 0.5) is 0 Å². The summed E-state index contributed by atoms with van der Waals surface area (Å²) in [7, 11) is 0. The molecule has 0 aromatic carbocycles. The Morgan fingerprint density at radius 1 is 1.18 bits per heavy atom. The highest BCUT2D eigenvalue weighted by Gasteiger charge is 2.73. The summed E-state index contributed by atoms with van der Waals surface area (Å²) >= 11 is 1.58. The van der Waals surface area contributed by atoms with Gasteiger partial charge in [-0.1, -0.05) is 37.6 Å². The second-order valence-corrected chi connectivity index (χ2v) is 11.6. The lowest BCUT2D eigenvalue weighted by molar-refractivity contribution is -0.154. The summed E-state index contributed by atoms with van der Waals surface area (Å²) in [5.41, 5.74) is 0. The summed E-state index contributed by atoms with van der Waals surface area (Å²) in [5.74, 6) is -1.82. The molecule has 2 amide bonds. The molecule has 4 aliphatic heterocycles. The molecular weight excluding hydrogens is 440 g/mol. The molecule has 4 rings (SSSR count). The second-order valence-electron chi connectivity index (χ2n) is 9.85. The average Bonchev–Trinajstić information content (AvgIpc) is 3.07. The molecule has 0 saturated carbocycles. The van der Waals surface area contributed by atoms with E-state index in [-0.39, 0.29) is 30.4 Å². The number of carbonyl (C=O) groups is 3. The maximum absolute atomic E-state index is 14.1. The lowest BCUT2D eigenvalue weighted by Crippen LogP contribution is -2.55. The van der Waals surface area contributed by atoms with Crippen molar-refractivity contribution in [3.8, 4) is 0 Å². The predicted octanol–water partition coefficient (Wildman–Crippen LogP) is 2.54. The number of ether oxygens (including phenoxy) is 1. The molecule has 0 aromatic heterocycles. The van der Waals surface area contributed by atoms with Gasteiger partial charge in [0, 0.05) is 30.5 Å². The van der Waals surface area contributed by atoms with Gasteiger partial charge in [0.05, 0.1) is 23.2 Å². The van der Waals surface area contributed by atoms with Gasteiger partial charge in [-0.2, -0.15) is 0 Å². The van der Waals surface area contributed by atoms with E-state index in [9.17, 15) is 19.5 Å². The molecule has 33 heavy (non-hydrogen) atoms. The minimum absolute atomic E-state index is 0.0384. The van der Waals surface area contributed by atoms with Gasteiger partial charge in [0.15, 0.2) is 0 Å². The Balaban J connectivity index is 1.81. The molecule has 0 aliphatic carbocycles. The quantitative estimate of drug-likeness (QED) is 0.345. The number of esters is 1. The van der Waals surface area contributed by atoms with Crippen molar-refractivity contribution in [2.45, 2.75) is 74.5 Å².